The maximum absolute atomic E-state index is 11.7. The average molecular weight is 266 g/mol. The van der Waals surface area contributed by atoms with E-state index < -0.39 is 0 Å². The predicted molar refractivity (Wildman–Crippen MR) is 76.0 cm³/mol. The molecule has 0 unspecified atom stereocenters. The van der Waals surface area contributed by atoms with Crippen molar-refractivity contribution in [1.82, 2.24) is 10.6 Å². The van der Waals surface area contributed by atoms with Gasteiger partial charge in [-0.15, -0.1) is 0 Å². The first-order valence-corrected chi connectivity index (χ1v) is 7.84. The van der Waals surface area contributed by atoms with Crippen LogP contribution in [-0.2, 0) is 6.42 Å². The molecule has 2 rings (SSSR count). The summed E-state index contributed by atoms with van der Waals surface area (Å²) >= 11 is 1.70. The van der Waals surface area contributed by atoms with Crippen molar-refractivity contribution in [2.45, 2.75) is 51.0 Å². The first-order valence-electron chi connectivity index (χ1n) is 6.90. The van der Waals surface area contributed by atoms with Crippen LogP contribution in [0, 0.1) is 0 Å². The molecule has 18 heavy (non-hydrogen) atoms. The molecule has 0 atom stereocenters. The third-order valence-corrected chi connectivity index (χ3v) is 4.20. The van der Waals surface area contributed by atoms with E-state index >= 15 is 0 Å². The van der Waals surface area contributed by atoms with Crippen LogP contribution < -0.4 is 10.6 Å². The molecule has 1 saturated carbocycles. The van der Waals surface area contributed by atoms with E-state index in [1.807, 2.05) is 0 Å². The summed E-state index contributed by atoms with van der Waals surface area (Å²) in [6.07, 6.45) is 8.33. The molecular formula is C14H22N2OS. The van der Waals surface area contributed by atoms with Crippen molar-refractivity contribution in [3.8, 4) is 0 Å². The molecule has 0 bridgehead atoms. The third-order valence-electron chi connectivity index (χ3n) is 3.47. The third kappa shape index (κ3) is 4.69. The monoisotopic (exact) mass is 266 g/mol. The fourth-order valence-corrected chi connectivity index (χ4v) is 3.12. The highest BCUT2D eigenvalue weighted by molar-refractivity contribution is 7.07. The van der Waals surface area contributed by atoms with E-state index in [4.69, 9.17) is 0 Å². The van der Waals surface area contributed by atoms with E-state index in [0.717, 1.165) is 25.8 Å². The molecule has 0 aromatic carbocycles. The van der Waals surface area contributed by atoms with Crippen LogP contribution in [0.3, 0.4) is 0 Å². The Labute approximate surface area is 113 Å². The Hall–Kier alpha value is -1.03. The van der Waals surface area contributed by atoms with Crippen molar-refractivity contribution in [1.29, 1.82) is 0 Å². The summed E-state index contributed by atoms with van der Waals surface area (Å²) in [6, 6.07) is 2.49. The molecule has 1 fully saturated rings. The number of nitrogens with one attached hydrogen (secondary N) is 2. The van der Waals surface area contributed by atoms with E-state index in [2.05, 4.69) is 27.5 Å². The van der Waals surface area contributed by atoms with Gasteiger partial charge in [0, 0.05) is 12.6 Å². The standard InChI is InChI=1S/C14H22N2OS/c17-14(15-9-7-12-8-10-18-11-12)16-13-5-3-1-2-4-6-13/h8,10-11,13H,1-7,9H2,(H2,15,16,17). The van der Waals surface area contributed by atoms with E-state index in [-0.39, 0.29) is 6.03 Å². The first kappa shape index (κ1) is 13.4. The summed E-state index contributed by atoms with van der Waals surface area (Å²) in [5.41, 5.74) is 1.30. The Kier molecular flexibility index (Phi) is 5.52. The second-order valence-corrected chi connectivity index (χ2v) is 5.75. The summed E-state index contributed by atoms with van der Waals surface area (Å²) in [7, 11) is 0. The molecule has 3 nitrogen and oxygen atoms in total. The number of carbonyl (C=O) groups is 1. The van der Waals surface area contributed by atoms with Crippen LogP contribution in [-0.4, -0.2) is 18.6 Å². The number of hydrogen-bond acceptors (Lipinski definition) is 2. The van der Waals surface area contributed by atoms with Gasteiger partial charge in [-0.05, 0) is 41.7 Å². The van der Waals surface area contributed by atoms with Gasteiger partial charge in [0.05, 0.1) is 0 Å². The van der Waals surface area contributed by atoms with Crippen LogP contribution in [0.4, 0.5) is 4.79 Å². The molecule has 0 spiro atoms. The Balaban J connectivity index is 1.62. The summed E-state index contributed by atoms with van der Waals surface area (Å²) in [4.78, 5) is 11.7. The Bertz CT molecular complexity index is 343. The van der Waals surface area contributed by atoms with E-state index in [1.54, 1.807) is 11.3 Å². The minimum atomic E-state index is -0.00266. The lowest BCUT2D eigenvalue weighted by Crippen LogP contribution is -2.42. The van der Waals surface area contributed by atoms with Gasteiger partial charge in [-0.25, -0.2) is 4.79 Å². The quantitative estimate of drug-likeness (QED) is 0.807. The minimum absolute atomic E-state index is 0.00266. The second kappa shape index (κ2) is 7.41. The highest BCUT2D eigenvalue weighted by atomic mass is 32.1. The fraction of sp³-hybridized carbons (Fsp3) is 0.643. The van der Waals surface area contributed by atoms with Crippen molar-refractivity contribution in [3.05, 3.63) is 22.4 Å². The summed E-state index contributed by atoms with van der Waals surface area (Å²) in [5.74, 6) is 0. The fourth-order valence-electron chi connectivity index (χ4n) is 2.42. The number of carbonyl (C=O) groups excluding carboxylic acids is 1. The number of amides is 2. The summed E-state index contributed by atoms with van der Waals surface area (Å²) < 4.78 is 0. The maximum atomic E-state index is 11.7. The molecule has 0 aliphatic heterocycles. The zero-order valence-corrected chi connectivity index (χ0v) is 11.6. The van der Waals surface area contributed by atoms with Gasteiger partial charge in [-0.2, -0.15) is 11.3 Å². The molecule has 0 radical (unpaired) electrons. The Morgan fingerprint density at radius 3 is 2.72 bits per heavy atom. The summed E-state index contributed by atoms with van der Waals surface area (Å²) in [6.45, 7) is 0.718. The van der Waals surface area contributed by atoms with E-state index in [0.29, 0.717) is 6.04 Å². The zero-order valence-electron chi connectivity index (χ0n) is 10.8. The summed E-state index contributed by atoms with van der Waals surface area (Å²) in [5, 5.41) is 10.2. The number of urea groups is 1. The van der Waals surface area contributed by atoms with Gasteiger partial charge in [0.25, 0.3) is 0 Å². The molecule has 0 saturated heterocycles. The van der Waals surface area contributed by atoms with Gasteiger partial charge >= 0.3 is 6.03 Å². The number of hydrogen-bond donors (Lipinski definition) is 2. The van der Waals surface area contributed by atoms with Crippen LogP contribution in [0.5, 0.6) is 0 Å². The number of rotatable bonds is 4. The Morgan fingerprint density at radius 2 is 2.06 bits per heavy atom. The lowest BCUT2D eigenvalue weighted by Gasteiger charge is -2.16. The maximum Gasteiger partial charge on any atom is 0.315 e. The van der Waals surface area contributed by atoms with Gasteiger partial charge in [0.1, 0.15) is 0 Å². The van der Waals surface area contributed by atoms with Crippen molar-refractivity contribution in [2.75, 3.05) is 6.54 Å². The zero-order chi connectivity index (χ0) is 12.6. The normalized spacial score (nSPS) is 17.1. The molecule has 1 aromatic heterocycles. The largest absolute Gasteiger partial charge is 0.338 e. The van der Waals surface area contributed by atoms with Gasteiger partial charge in [0.15, 0.2) is 0 Å². The van der Waals surface area contributed by atoms with Crippen molar-refractivity contribution >= 4 is 17.4 Å². The van der Waals surface area contributed by atoms with E-state index in [1.165, 1.54) is 31.2 Å². The van der Waals surface area contributed by atoms with Crippen molar-refractivity contribution in [3.63, 3.8) is 0 Å². The second-order valence-electron chi connectivity index (χ2n) is 4.97. The van der Waals surface area contributed by atoms with Crippen LogP contribution in [0.2, 0.25) is 0 Å². The minimum Gasteiger partial charge on any atom is -0.338 e. The average Bonchev–Trinajstić information content (AvgIpc) is 2.74. The van der Waals surface area contributed by atoms with Gasteiger partial charge in [-0.1, -0.05) is 25.7 Å². The Morgan fingerprint density at radius 1 is 1.28 bits per heavy atom. The SMILES string of the molecule is O=C(NCCc1ccsc1)NC1CCCCCC1. The van der Waals surface area contributed by atoms with Gasteiger partial charge in [0.2, 0.25) is 0 Å². The molecule has 2 N–H and O–H groups in total. The first-order chi connectivity index (χ1) is 8.84. The topological polar surface area (TPSA) is 41.1 Å². The van der Waals surface area contributed by atoms with Crippen molar-refractivity contribution < 1.29 is 4.79 Å². The van der Waals surface area contributed by atoms with Crippen LogP contribution in [0.15, 0.2) is 16.8 Å². The molecule has 1 heterocycles. The molecule has 2 amide bonds. The van der Waals surface area contributed by atoms with Crippen LogP contribution in [0.25, 0.3) is 0 Å². The number of thiophene rings is 1. The van der Waals surface area contributed by atoms with Crippen LogP contribution >= 0.6 is 11.3 Å². The highest BCUT2D eigenvalue weighted by Crippen LogP contribution is 2.16. The molecule has 1 aliphatic rings. The molecule has 100 valence electrons. The molecule has 1 aromatic rings. The lowest BCUT2D eigenvalue weighted by molar-refractivity contribution is 0.235. The van der Waals surface area contributed by atoms with Crippen molar-refractivity contribution in [2.24, 2.45) is 0 Å². The predicted octanol–water partition coefficient (Wildman–Crippen LogP) is 3.31. The lowest BCUT2D eigenvalue weighted by atomic mass is 10.1. The molecular weight excluding hydrogens is 244 g/mol. The van der Waals surface area contributed by atoms with Gasteiger partial charge in [-0.3, -0.25) is 0 Å². The van der Waals surface area contributed by atoms with Gasteiger partial charge < -0.3 is 10.6 Å². The molecule has 4 heteroatoms. The molecule has 1 aliphatic carbocycles. The highest BCUT2D eigenvalue weighted by Gasteiger charge is 2.13. The smallest absolute Gasteiger partial charge is 0.315 e. The van der Waals surface area contributed by atoms with Crippen LogP contribution in [0.1, 0.15) is 44.1 Å². The van der Waals surface area contributed by atoms with E-state index in [9.17, 15) is 4.79 Å².